The van der Waals surface area contributed by atoms with Crippen molar-refractivity contribution in [3.05, 3.63) is 66.2 Å². The fraction of sp³-hybridized carbons (Fsp3) is 0.105. The summed E-state index contributed by atoms with van der Waals surface area (Å²) in [6, 6.07) is 13.8. The number of benzene rings is 2. The minimum absolute atomic E-state index is 0.0155. The van der Waals surface area contributed by atoms with Crippen molar-refractivity contribution in [1.82, 2.24) is 9.97 Å². The molecule has 0 atom stereocenters. The van der Waals surface area contributed by atoms with Gasteiger partial charge in [0.2, 0.25) is 0 Å². The largest absolute Gasteiger partial charge is 0.497 e. The highest BCUT2D eigenvalue weighted by Crippen LogP contribution is 2.19. The zero-order chi connectivity index (χ0) is 19.2. The Kier molecular flexibility index (Phi) is 5.36. The summed E-state index contributed by atoms with van der Waals surface area (Å²) in [5.74, 6) is 0.205. The number of anilines is 2. The van der Waals surface area contributed by atoms with Crippen LogP contribution in [0, 0.1) is 0 Å². The number of carbonyl (C=O) groups excluding carboxylic acids is 2. The first-order valence-electron chi connectivity index (χ1n) is 8.05. The first-order chi connectivity index (χ1) is 13.1. The van der Waals surface area contributed by atoms with Crippen molar-refractivity contribution in [3.63, 3.8) is 0 Å². The summed E-state index contributed by atoms with van der Waals surface area (Å²) < 4.78 is 10.3. The van der Waals surface area contributed by atoms with Gasteiger partial charge >= 0.3 is 0 Å². The molecule has 1 heterocycles. The van der Waals surface area contributed by atoms with Crippen molar-refractivity contribution in [3.8, 4) is 11.5 Å². The average molecular weight is 366 g/mol. The van der Waals surface area contributed by atoms with Crippen LogP contribution in [0.15, 0.2) is 54.9 Å². The maximum atomic E-state index is 12.5. The van der Waals surface area contributed by atoms with E-state index in [4.69, 9.17) is 9.47 Å². The van der Waals surface area contributed by atoms with Crippen LogP contribution < -0.4 is 20.1 Å². The van der Waals surface area contributed by atoms with Gasteiger partial charge in [-0.1, -0.05) is 12.1 Å². The molecule has 0 saturated carbocycles. The van der Waals surface area contributed by atoms with E-state index in [9.17, 15) is 9.59 Å². The van der Waals surface area contributed by atoms with Gasteiger partial charge in [-0.2, -0.15) is 0 Å². The maximum Gasteiger partial charge on any atom is 0.276 e. The lowest BCUT2D eigenvalue weighted by molar-refractivity contribution is 0.0985. The fourth-order valence-corrected chi connectivity index (χ4v) is 2.43. The van der Waals surface area contributed by atoms with E-state index < -0.39 is 11.8 Å². The third kappa shape index (κ3) is 4.24. The number of methoxy groups -OCH3 is 2. The third-order valence-corrected chi connectivity index (χ3v) is 3.74. The second-order valence-electron chi connectivity index (χ2n) is 5.50. The molecular formula is C19H18N4O4. The molecule has 2 amide bonds. The molecule has 0 aliphatic rings. The number of rotatable bonds is 6. The zero-order valence-electron chi connectivity index (χ0n) is 14.8. The van der Waals surface area contributed by atoms with Crippen LogP contribution in [0.1, 0.15) is 21.0 Å². The summed E-state index contributed by atoms with van der Waals surface area (Å²) in [5.41, 5.74) is 1.10. The summed E-state index contributed by atoms with van der Waals surface area (Å²) >= 11 is 0. The second-order valence-corrected chi connectivity index (χ2v) is 5.50. The van der Waals surface area contributed by atoms with E-state index in [-0.39, 0.29) is 11.4 Å². The molecule has 0 fully saturated rings. The van der Waals surface area contributed by atoms with Gasteiger partial charge in [0.25, 0.3) is 11.8 Å². The molecule has 0 radical (unpaired) electrons. The summed E-state index contributed by atoms with van der Waals surface area (Å²) in [7, 11) is 3.08. The van der Waals surface area contributed by atoms with Crippen LogP contribution >= 0.6 is 0 Å². The van der Waals surface area contributed by atoms with Crippen LogP contribution in [0.2, 0.25) is 0 Å². The van der Waals surface area contributed by atoms with Gasteiger partial charge in [0.15, 0.2) is 5.69 Å². The second kappa shape index (κ2) is 8.05. The first kappa shape index (κ1) is 18.0. The van der Waals surface area contributed by atoms with Crippen LogP contribution in [0.4, 0.5) is 11.4 Å². The lowest BCUT2D eigenvalue weighted by atomic mass is 10.2. The van der Waals surface area contributed by atoms with Gasteiger partial charge in [0.05, 0.1) is 20.5 Å². The molecule has 0 bridgehead atoms. The number of nitrogens with zero attached hydrogens (tertiary/aromatic N) is 1. The fourth-order valence-electron chi connectivity index (χ4n) is 2.43. The highest BCUT2D eigenvalue weighted by atomic mass is 16.5. The number of H-pyrrole nitrogens is 1. The quantitative estimate of drug-likeness (QED) is 0.622. The summed E-state index contributed by atoms with van der Waals surface area (Å²) in [6.07, 6.45) is 1.29. The molecule has 1 aromatic heterocycles. The van der Waals surface area contributed by atoms with Crippen molar-refractivity contribution >= 4 is 23.2 Å². The summed E-state index contributed by atoms with van der Waals surface area (Å²) in [5, 5.41) is 5.40. The molecule has 0 unspecified atom stereocenters. The van der Waals surface area contributed by atoms with Crippen molar-refractivity contribution in [1.29, 1.82) is 0 Å². The monoisotopic (exact) mass is 366 g/mol. The number of imidazole rings is 1. The Morgan fingerprint density at radius 1 is 0.889 bits per heavy atom. The Hall–Kier alpha value is -3.81. The Morgan fingerprint density at radius 2 is 1.44 bits per heavy atom. The number of aromatic amines is 1. The Balaban J connectivity index is 1.76. The number of hydrogen-bond acceptors (Lipinski definition) is 5. The van der Waals surface area contributed by atoms with Gasteiger partial charge in [0, 0.05) is 23.5 Å². The van der Waals surface area contributed by atoms with Crippen LogP contribution in [0.25, 0.3) is 0 Å². The summed E-state index contributed by atoms with van der Waals surface area (Å²) in [4.78, 5) is 31.7. The minimum Gasteiger partial charge on any atom is -0.497 e. The average Bonchev–Trinajstić information content (AvgIpc) is 3.18. The van der Waals surface area contributed by atoms with Gasteiger partial charge in [-0.05, 0) is 24.3 Å². The topological polar surface area (TPSA) is 105 Å². The molecule has 0 aliphatic carbocycles. The van der Waals surface area contributed by atoms with Gasteiger partial charge < -0.3 is 25.1 Å². The van der Waals surface area contributed by atoms with E-state index in [1.165, 1.54) is 20.5 Å². The molecule has 3 aromatic rings. The number of ether oxygens (including phenoxy) is 2. The number of nitrogens with one attached hydrogen (secondary N) is 3. The molecule has 0 aliphatic heterocycles. The van der Waals surface area contributed by atoms with Crippen LogP contribution in [-0.2, 0) is 0 Å². The smallest absolute Gasteiger partial charge is 0.276 e. The molecule has 27 heavy (non-hydrogen) atoms. The van der Waals surface area contributed by atoms with Crippen molar-refractivity contribution in [2.24, 2.45) is 0 Å². The van der Waals surface area contributed by atoms with Crippen LogP contribution in [0.3, 0.4) is 0 Å². The van der Waals surface area contributed by atoms with E-state index in [0.717, 1.165) is 0 Å². The minimum atomic E-state index is -0.514. The molecule has 2 aromatic carbocycles. The highest BCUT2D eigenvalue weighted by Gasteiger charge is 2.21. The van der Waals surface area contributed by atoms with Crippen molar-refractivity contribution in [2.75, 3.05) is 24.9 Å². The Bertz CT molecular complexity index is 892. The van der Waals surface area contributed by atoms with Crippen molar-refractivity contribution < 1.29 is 19.1 Å². The van der Waals surface area contributed by atoms with E-state index in [1.54, 1.807) is 48.5 Å². The zero-order valence-corrected chi connectivity index (χ0v) is 14.8. The predicted octanol–water partition coefficient (Wildman–Crippen LogP) is 2.93. The summed E-state index contributed by atoms with van der Waals surface area (Å²) in [6.45, 7) is 0. The van der Waals surface area contributed by atoms with Gasteiger partial charge in [-0.15, -0.1) is 0 Å². The molecule has 8 nitrogen and oxygen atoms in total. The standard InChI is InChI=1S/C19H18N4O4/c1-26-14-7-3-5-12(9-14)22-18(24)16-17(21-11-20-16)19(25)23-13-6-4-8-15(10-13)27-2/h3-11H,1-2H3,(H,20,21)(H,22,24)(H,23,25). The molecule has 3 rings (SSSR count). The highest BCUT2D eigenvalue weighted by molar-refractivity contribution is 6.13. The number of carbonyl (C=O) groups is 2. The van der Waals surface area contributed by atoms with Gasteiger partial charge in [0.1, 0.15) is 17.2 Å². The van der Waals surface area contributed by atoms with E-state index in [2.05, 4.69) is 20.6 Å². The molecular weight excluding hydrogens is 348 g/mol. The third-order valence-electron chi connectivity index (χ3n) is 3.74. The van der Waals surface area contributed by atoms with E-state index >= 15 is 0 Å². The number of amides is 2. The predicted molar refractivity (Wildman–Crippen MR) is 100 cm³/mol. The lowest BCUT2D eigenvalue weighted by Crippen LogP contribution is -2.20. The Morgan fingerprint density at radius 3 is 2.00 bits per heavy atom. The molecule has 3 N–H and O–H groups in total. The van der Waals surface area contributed by atoms with Gasteiger partial charge in [-0.25, -0.2) is 4.98 Å². The normalized spacial score (nSPS) is 10.1. The Labute approximate surface area is 155 Å². The molecule has 0 spiro atoms. The number of aromatic nitrogens is 2. The van der Waals surface area contributed by atoms with Gasteiger partial charge in [-0.3, -0.25) is 9.59 Å². The van der Waals surface area contributed by atoms with Crippen molar-refractivity contribution in [2.45, 2.75) is 0 Å². The van der Waals surface area contributed by atoms with Crippen LogP contribution in [0.5, 0.6) is 11.5 Å². The van der Waals surface area contributed by atoms with E-state index in [0.29, 0.717) is 22.9 Å². The maximum absolute atomic E-state index is 12.5. The molecule has 0 saturated heterocycles. The SMILES string of the molecule is COc1cccc(NC(=O)c2nc[nH]c2C(=O)Nc2cccc(OC)c2)c1. The number of hydrogen-bond donors (Lipinski definition) is 3. The first-order valence-corrected chi connectivity index (χ1v) is 8.05. The lowest BCUT2D eigenvalue weighted by Gasteiger charge is -2.08. The van der Waals surface area contributed by atoms with E-state index in [1.807, 2.05) is 0 Å². The van der Waals surface area contributed by atoms with Crippen LogP contribution in [-0.4, -0.2) is 36.0 Å². The molecule has 8 heteroatoms. The molecule has 138 valence electrons.